The molecule has 0 fully saturated rings. The van der Waals surface area contributed by atoms with E-state index in [0.29, 0.717) is 24.3 Å². The smallest absolute Gasteiger partial charge is 0.257 e. The number of hydrogen-bond donors (Lipinski definition) is 1. The molecule has 0 spiro atoms. The molecule has 2 aromatic rings. The maximum atomic E-state index is 12.7. The standard InChI is InChI=1S/C17H20N4O2/c1-4-21(11-12(2)9-18)17(22)15-10-19-20-16(15)13-5-7-14(23-3)8-6-13/h5-8,10,12H,4,11H2,1-3H3,(H,19,20). The van der Waals surface area contributed by atoms with Crippen LogP contribution in [0, 0.1) is 17.2 Å². The van der Waals surface area contributed by atoms with Gasteiger partial charge in [0.2, 0.25) is 0 Å². The summed E-state index contributed by atoms with van der Waals surface area (Å²) in [6.07, 6.45) is 1.53. The summed E-state index contributed by atoms with van der Waals surface area (Å²) in [6.45, 7) is 4.64. The summed E-state index contributed by atoms with van der Waals surface area (Å²) in [5.74, 6) is 0.406. The third-order valence-corrected chi connectivity index (χ3v) is 3.63. The normalized spacial score (nSPS) is 11.6. The Hall–Kier alpha value is -2.81. The van der Waals surface area contributed by atoms with E-state index in [1.165, 1.54) is 6.20 Å². The van der Waals surface area contributed by atoms with Gasteiger partial charge < -0.3 is 9.64 Å². The van der Waals surface area contributed by atoms with Gasteiger partial charge in [0.25, 0.3) is 5.91 Å². The molecule has 0 aliphatic heterocycles. The average molecular weight is 312 g/mol. The summed E-state index contributed by atoms with van der Waals surface area (Å²) < 4.78 is 5.14. The minimum atomic E-state index is -0.213. The molecule has 120 valence electrons. The van der Waals surface area contributed by atoms with Crippen molar-refractivity contribution in [2.45, 2.75) is 13.8 Å². The summed E-state index contributed by atoms with van der Waals surface area (Å²) in [4.78, 5) is 14.4. The molecule has 6 heteroatoms. The fourth-order valence-corrected chi connectivity index (χ4v) is 2.32. The van der Waals surface area contributed by atoms with Crippen LogP contribution < -0.4 is 4.74 Å². The number of nitriles is 1. The van der Waals surface area contributed by atoms with Crippen molar-refractivity contribution in [3.8, 4) is 23.1 Å². The van der Waals surface area contributed by atoms with Crippen LogP contribution in [0.3, 0.4) is 0 Å². The number of benzene rings is 1. The first-order valence-corrected chi connectivity index (χ1v) is 7.47. The number of amides is 1. The average Bonchev–Trinajstić information content (AvgIpc) is 3.08. The third kappa shape index (κ3) is 3.69. The van der Waals surface area contributed by atoms with Crippen molar-refractivity contribution in [2.75, 3.05) is 20.2 Å². The largest absolute Gasteiger partial charge is 0.497 e. The molecule has 1 heterocycles. The molecule has 1 unspecified atom stereocenters. The molecule has 1 aromatic carbocycles. The quantitative estimate of drug-likeness (QED) is 0.889. The fourth-order valence-electron chi connectivity index (χ4n) is 2.32. The molecule has 1 aromatic heterocycles. The van der Waals surface area contributed by atoms with Gasteiger partial charge in [-0.05, 0) is 38.1 Å². The van der Waals surface area contributed by atoms with E-state index in [-0.39, 0.29) is 11.8 Å². The van der Waals surface area contributed by atoms with Crippen LogP contribution in [-0.2, 0) is 0 Å². The Morgan fingerprint density at radius 3 is 2.70 bits per heavy atom. The van der Waals surface area contributed by atoms with Crippen LogP contribution in [0.25, 0.3) is 11.3 Å². The summed E-state index contributed by atoms with van der Waals surface area (Å²) in [5, 5.41) is 15.8. The predicted molar refractivity (Wildman–Crippen MR) is 86.9 cm³/mol. The molecule has 0 bridgehead atoms. The molecular weight excluding hydrogens is 292 g/mol. The second-order valence-corrected chi connectivity index (χ2v) is 5.26. The number of nitrogens with one attached hydrogen (secondary N) is 1. The maximum Gasteiger partial charge on any atom is 0.257 e. The Labute approximate surface area is 135 Å². The Kier molecular flexibility index (Phi) is 5.36. The molecule has 1 atom stereocenters. The zero-order chi connectivity index (χ0) is 16.8. The van der Waals surface area contributed by atoms with Crippen LogP contribution in [0.4, 0.5) is 0 Å². The second kappa shape index (κ2) is 7.45. The van der Waals surface area contributed by atoms with Crippen molar-refractivity contribution in [1.29, 1.82) is 5.26 Å². The minimum Gasteiger partial charge on any atom is -0.497 e. The van der Waals surface area contributed by atoms with Crippen LogP contribution in [0.5, 0.6) is 5.75 Å². The number of carbonyl (C=O) groups is 1. The van der Waals surface area contributed by atoms with Crippen molar-refractivity contribution in [3.63, 3.8) is 0 Å². The maximum absolute atomic E-state index is 12.7. The van der Waals surface area contributed by atoms with Crippen molar-refractivity contribution < 1.29 is 9.53 Å². The fraction of sp³-hybridized carbons (Fsp3) is 0.353. The highest BCUT2D eigenvalue weighted by Gasteiger charge is 2.21. The number of rotatable bonds is 6. The van der Waals surface area contributed by atoms with Crippen LogP contribution in [-0.4, -0.2) is 41.2 Å². The highest BCUT2D eigenvalue weighted by atomic mass is 16.5. The van der Waals surface area contributed by atoms with Crippen LogP contribution in [0.15, 0.2) is 30.5 Å². The number of aromatic amines is 1. The van der Waals surface area contributed by atoms with E-state index in [1.54, 1.807) is 18.9 Å². The number of methoxy groups -OCH3 is 1. The SMILES string of the molecule is CCN(CC(C)C#N)C(=O)c1cn[nH]c1-c1ccc(OC)cc1. The Morgan fingerprint density at radius 1 is 1.43 bits per heavy atom. The van der Waals surface area contributed by atoms with Gasteiger partial charge in [-0.1, -0.05) is 0 Å². The number of ether oxygens (including phenoxy) is 1. The molecule has 1 amide bonds. The molecule has 1 N–H and O–H groups in total. The first-order valence-electron chi connectivity index (χ1n) is 7.47. The molecule has 0 radical (unpaired) electrons. The summed E-state index contributed by atoms with van der Waals surface area (Å²) >= 11 is 0. The first kappa shape index (κ1) is 16.6. The van der Waals surface area contributed by atoms with E-state index in [0.717, 1.165) is 11.3 Å². The second-order valence-electron chi connectivity index (χ2n) is 5.26. The number of aromatic nitrogens is 2. The van der Waals surface area contributed by atoms with Crippen molar-refractivity contribution in [2.24, 2.45) is 5.92 Å². The van der Waals surface area contributed by atoms with E-state index in [4.69, 9.17) is 10.00 Å². The van der Waals surface area contributed by atoms with E-state index in [1.807, 2.05) is 31.2 Å². The summed E-state index contributed by atoms with van der Waals surface area (Å²) in [6, 6.07) is 9.57. The van der Waals surface area contributed by atoms with Gasteiger partial charge >= 0.3 is 0 Å². The lowest BCUT2D eigenvalue weighted by Gasteiger charge is -2.21. The molecule has 0 saturated heterocycles. The van der Waals surface area contributed by atoms with Gasteiger partial charge in [0.1, 0.15) is 5.75 Å². The predicted octanol–water partition coefficient (Wildman–Crippen LogP) is 2.71. The third-order valence-electron chi connectivity index (χ3n) is 3.63. The highest BCUT2D eigenvalue weighted by Crippen LogP contribution is 2.24. The molecule has 2 rings (SSSR count). The number of H-pyrrole nitrogens is 1. The Balaban J connectivity index is 2.28. The molecule has 0 aliphatic rings. The van der Waals surface area contributed by atoms with Gasteiger partial charge in [-0.3, -0.25) is 9.89 Å². The Bertz CT molecular complexity index is 700. The van der Waals surface area contributed by atoms with Gasteiger partial charge in [0, 0.05) is 18.7 Å². The zero-order valence-electron chi connectivity index (χ0n) is 13.5. The van der Waals surface area contributed by atoms with Crippen LogP contribution >= 0.6 is 0 Å². The molecular formula is C17H20N4O2. The van der Waals surface area contributed by atoms with Gasteiger partial charge in [0.05, 0.1) is 36.6 Å². The molecule has 0 saturated carbocycles. The monoisotopic (exact) mass is 312 g/mol. The van der Waals surface area contributed by atoms with Gasteiger partial charge in [-0.2, -0.15) is 10.4 Å². The van der Waals surface area contributed by atoms with E-state index in [9.17, 15) is 4.79 Å². The summed E-state index contributed by atoms with van der Waals surface area (Å²) in [5.41, 5.74) is 2.03. The lowest BCUT2D eigenvalue weighted by Crippen LogP contribution is -2.34. The van der Waals surface area contributed by atoms with Crippen LogP contribution in [0.2, 0.25) is 0 Å². The number of carbonyl (C=O) groups excluding carboxylic acids is 1. The van der Waals surface area contributed by atoms with Gasteiger partial charge in [0.15, 0.2) is 0 Å². The molecule has 6 nitrogen and oxygen atoms in total. The van der Waals surface area contributed by atoms with E-state index in [2.05, 4.69) is 16.3 Å². The molecule has 23 heavy (non-hydrogen) atoms. The number of nitrogens with zero attached hydrogens (tertiary/aromatic N) is 3. The van der Waals surface area contributed by atoms with E-state index >= 15 is 0 Å². The van der Waals surface area contributed by atoms with Gasteiger partial charge in [-0.25, -0.2) is 0 Å². The van der Waals surface area contributed by atoms with Crippen molar-refractivity contribution >= 4 is 5.91 Å². The lowest BCUT2D eigenvalue weighted by molar-refractivity contribution is 0.0753. The highest BCUT2D eigenvalue weighted by molar-refractivity contribution is 5.99. The Morgan fingerprint density at radius 2 is 2.13 bits per heavy atom. The van der Waals surface area contributed by atoms with Crippen molar-refractivity contribution in [1.82, 2.24) is 15.1 Å². The molecule has 0 aliphatic carbocycles. The van der Waals surface area contributed by atoms with Gasteiger partial charge in [-0.15, -0.1) is 0 Å². The van der Waals surface area contributed by atoms with E-state index < -0.39 is 0 Å². The first-order chi connectivity index (χ1) is 11.1. The zero-order valence-corrected chi connectivity index (χ0v) is 13.5. The minimum absolute atomic E-state index is 0.130. The summed E-state index contributed by atoms with van der Waals surface area (Å²) in [7, 11) is 1.61. The number of hydrogen-bond acceptors (Lipinski definition) is 4. The van der Waals surface area contributed by atoms with Crippen LogP contribution in [0.1, 0.15) is 24.2 Å². The lowest BCUT2D eigenvalue weighted by atomic mass is 10.1. The van der Waals surface area contributed by atoms with Crippen molar-refractivity contribution in [3.05, 3.63) is 36.0 Å². The topological polar surface area (TPSA) is 82.0 Å².